The van der Waals surface area contributed by atoms with E-state index >= 15 is 0 Å². The minimum Gasteiger partial charge on any atom is -0.497 e. The van der Waals surface area contributed by atoms with E-state index in [2.05, 4.69) is 6.07 Å². The number of hydrogen-bond donors (Lipinski definition) is 0. The number of nitriles is 1. The van der Waals surface area contributed by atoms with Gasteiger partial charge in [0.1, 0.15) is 11.9 Å². The predicted molar refractivity (Wildman–Crippen MR) is 109 cm³/mol. The van der Waals surface area contributed by atoms with Gasteiger partial charge < -0.3 is 4.74 Å². The van der Waals surface area contributed by atoms with Gasteiger partial charge in [0.2, 0.25) is 0 Å². The van der Waals surface area contributed by atoms with Crippen LogP contribution in [0.25, 0.3) is 0 Å². The molecule has 4 rings (SSSR count). The standard InChI is InChI=1S/C24H18N2O4/c1-29-19-11-9-18(10-12-19)22(14-16-5-4-6-17(13-16)15-25)30-26-23(27)20-7-2-3-8-21(20)24(26)28/h2-13,22H,14H2,1H3. The number of fused-ring (bicyclic) bond motifs is 1. The number of amides is 2. The summed E-state index contributed by atoms with van der Waals surface area (Å²) in [5, 5.41) is 10.0. The summed E-state index contributed by atoms with van der Waals surface area (Å²) in [6.45, 7) is 0. The molecule has 1 aliphatic rings. The minimum atomic E-state index is -0.618. The van der Waals surface area contributed by atoms with Crippen molar-refractivity contribution in [1.29, 1.82) is 5.26 Å². The van der Waals surface area contributed by atoms with Crippen LogP contribution in [0.3, 0.4) is 0 Å². The van der Waals surface area contributed by atoms with Crippen LogP contribution in [0, 0.1) is 11.3 Å². The molecule has 1 heterocycles. The molecule has 0 saturated heterocycles. The zero-order valence-corrected chi connectivity index (χ0v) is 16.2. The average Bonchev–Trinajstić information content (AvgIpc) is 3.04. The fourth-order valence-electron chi connectivity index (χ4n) is 3.41. The molecule has 6 heteroatoms. The summed E-state index contributed by atoms with van der Waals surface area (Å²) < 4.78 is 5.21. The molecule has 0 aromatic heterocycles. The first kappa shape index (κ1) is 19.4. The number of rotatable bonds is 6. The molecule has 1 aliphatic heterocycles. The van der Waals surface area contributed by atoms with Crippen LogP contribution >= 0.6 is 0 Å². The molecule has 0 saturated carbocycles. The number of benzene rings is 3. The number of hydrogen-bond acceptors (Lipinski definition) is 5. The van der Waals surface area contributed by atoms with E-state index in [1.165, 1.54) is 0 Å². The Kier molecular flexibility index (Phi) is 5.29. The summed E-state index contributed by atoms with van der Waals surface area (Å²) in [4.78, 5) is 31.5. The Balaban J connectivity index is 1.66. The highest BCUT2D eigenvalue weighted by atomic mass is 16.7. The zero-order chi connectivity index (χ0) is 21.1. The van der Waals surface area contributed by atoms with Gasteiger partial charge in [-0.3, -0.25) is 14.4 Å². The normalized spacial score (nSPS) is 13.7. The van der Waals surface area contributed by atoms with E-state index in [0.717, 1.165) is 16.2 Å². The molecule has 0 N–H and O–H groups in total. The smallest absolute Gasteiger partial charge is 0.285 e. The molecular formula is C24H18N2O4. The molecule has 3 aromatic carbocycles. The largest absolute Gasteiger partial charge is 0.497 e. The van der Waals surface area contributed by atoms with Crippen LogP contribution in [0.5, 0.6) is 5.75 Å². The third-order valence-corrected chi connectivity index (χ3v) is 4.95. The van der Waals surface area contributed by atoms with Gasteiger partial charge in [0.25, 0.3) is 11.8 Å². The maximum absolute atomic E-state index is 12.7. The summed E-state index contributed by atoms with van der Waals surface area (Å²) in [7, 11) is 1.58. The van der Waals surface area contributed by atoms with Crippen LogP contribution in [-0.2, 0) is 11.3 Å². The van der Waals surface area contributed by atoms with Crippen LogP contribution in [0.4, 0.5) is 0 Å². The predicted octanol–water partition coefficient (Wildman–Crippen LogP) is 4.08. The van der Waals surface area contributed by atoms with Crippen molar-refractivity contribution in [3.63, 3.8) is 0 Å². The maximum Gasteiger partial charge on any atom is 0.285 e. The van der Waals surface area contributed by atoms with Gasteiger partial charge in [-0.1, -0.05) is 36.4 Å². The van der Waals surface area contributed by atoms with Gasteiger partial charge in [-0.2, -0.15) is 5.26 Å². The van der Waals surface area contributed by atoms with Crippen LogP contribution in [0.15, 0.2) is 72.8 Å². The van der Waals surface area contributed by atoms with Gasteiger partial charge in [-0.05, 0) is 47.5 Å². The molecule has 3 aromatic rings. The Bertz CT molecular complexity index is 1110. The van der Waals surface area contributed by atoms with Gasteiger partial charge >= 0.3 is 0 Å². The first-order valence-electron chi connectivity index (χ1n) is 9.38. The summed E-state index contributed by atoms with van der Waals surface area (Å²) in [6, 6.07) is 23.2. The Morgan fingerprint density at radius 3 is 2.20 bits per heavy atom. The molecule has 2 amide bonds. The Morgan fingerprint density at radius 2 is 1.60 bits per heavy atom. The quantitative estimate of drug-likeness (QED) is 0.585. The number of imide groups is 1. The van der Waals surface area contributed by atoms with Gasteiger partial charge in [-0.15, -0.1) is 5.06 Å². The molecule has 0 radical (unpaired) electrons. The van der Waals surface area contributed by atoms with Crippen molar-refractivity contribution in [2.75, 3.05) is 7.11 Å². The van der Waals surface area contributed by atoms with Gasteiger partial charge in [0.15, 0.2) is 0 Å². The summed E-state index contributed by atoms with van der Waals surface area (Å²) >= 11 is 0. The third kappa shape index (κ3) is 3.66. The lowest BCUT2D eigenvalue weighted by Crippen LogP contribution is -2.32. The first-order chi connectivity index (χ1) is 14.6. The lowest BCUT2D eigenvalue weighted by Gasteiger charge is -2.23. The van der Waals surface area contributed by atoms with Crippen molar-refractivity contribution in [2.45, 2.75) is 12.5 Å². The van der Waals surface area contributed by atoms with E-state index in [0.29, 0.717) is 28.9 Å². The van der Waals surface area contributed by atoms with E-state index in [4.69, 9.17) is 9.57 Å². The van der Waals surface area contributed by atoms with Crippen LogP contribution in [0.2, 0.25) is 0 Å². The molecule has 0 spiro atoms. The van der Waals surface area contributed by atoms with Crippen LogP contribution in [-0.4, -0.2) is 24.0 Å². The van der Waals surface area contributed by atoms with E-state index in [9.17, 15) is 14.9 Å². The van der Waals surface area contributed by atoms with Crippen LogP contribution in [0.1, 0.15) is 43.5 Å². The number of hydroxylamine groups is 2. The van der Waals surface area contributed by atoms with Crippen molar-refractivity contribution in [3.8, 4) is 11.8 Å². The molecule has 6 nitrogen and oxygen atoms in total. The lowest BCUT2D eigenvalue weighted by atomic mass is 10.00. The monoisotopic (exact) mass is 398 g/mol. The number of carbonyl (C=O) groups excluding carboxylic acids is 2. The second kappa shape index (κ2) is 8.19. The minimum absolute atomic E-state index is 0.322. The molecule has 0 aliphatic carbocycles. The second-order valence-electron chi connectivity index (χ2n) is 6.83. The lowest BCUT2D eigenvalue weighted by molar-refractivity contribution is -0.134. The fourth-order valence-corrected chi connectivity index (χ4v) is 3.41. The van der Waals surface area contributed by atoms with E-state index in [-0.39, 0.29) is 0 Å². The number of nitrogens with zero attached hydrogens (tertiary/aromatic N) is 2. The number of ether oxygens (including phenoxy) is 1. The van der Waals surface area contributed by atoms with Gasteiger partial charge in [-0.25, -0.2) is 0 Å². The number of methoxy groups -OCH3 is 1. The van der Waals surface area contributed by atoms with Crippen molar-refractivity contribution in [3.05, 3.63) is 101 Å². The Hall–Kier alpha value is -3.95. The van der Waals surface area contributed by atoms with Crippen molar-refractivity contribution in [1.82, 2.24) is 5.06 Å². The molecule has 1 atom stereocenters. The second-order valence-corrected chi connectivity index (χ2v) is 6.83. The summed E-state index contributed by atoms with van der Waals surface area (Å²) in [6.07, 6.45) is -0.248. The van der Waals surface area contributed by atoms with E-state index < -0.39 is 17.9 Å². The van der Waals surface area contributed by atoms with Crippen LogP contribution < -0.4 is 4.74 Å². The van der Waals surface area contributed by atoms with E-state index in [1.54, 1.807) is 61.7 Å². The highest BCUT2D eigenvalue weighted by Crippen LogP contribution is 2.30. The third-order valence-electron chi connectivity index (χ3n) is 4.95. The summed E-state index contributed by atoms with van der Waals surface area (Å²) in [5.74, 6) is -0.288. The Morgan fingerprint density at radius 1 is 0.933 bits per heavy atom. The topological polar surface area (TPSA) is 79.6 Å². The maximum atomic E-state index is 12.7. The van der Waals surface area contributed by atoms with Gasteiger partial charge in [0, 0.05) is 6.42 Å². The molecule has 30 heavy (non-hydrogen) atoms. The first-order valence-corrected chi connectivity index (χ1v) is 9.38. The van der Waals surface area contributed by atoms with Crippen molar-refractivity contribution in [2.24, 2.45) is 0 Å². The van der Waals surface area contributed by atoms with Crippen molar-refractivity contribution < 1.29 is 19.2 Å². The fraction of sp³-hybridized carbons (Fsp3) is 0.125. The average molecular weight is 398 g/mol. The number of carbonyl (C=O) groups is 2. The Labute approximate surface area is 173 Å². The molecule has 0 bridgehead atoms. The molecule has 0 fully saturated rings. The molecule has 1 unspecified atom stereocenters. The van der Waals surface area contributed by atoms with E-state index in [1.807, 2.05) is 18.2 Å². The van der Waals surface area contributed by atoms with Gasteiger partial charge in [0.05, 0.1) is 29.9 Å². The summed E-state index contributed by atoms with van der Waals surface area (Å²) in [5.41, 5.74) is 2.80. The van der Waals surface area contributed by atoms with Crippen molar-refractivity contribution >= 4 is 11.8 Å². The molecule has 148 valence electrons. The SMILES string of the molecule is COc1ccc(C(Cc2cccc(C#N)c2)ON2C(=O)c3ccccc3C2=O)cc1. The zero-order valence-electron chi connectivity index (χ0n) is 16.2. The highest BCUT2D eigenvalue weighted by molar-refractivity contribution is 6.20. The highest BCUT2D eigenvalue weighted by Gasteiger charge is 2.38. The molecular weight excluding hydrogens is 380 g/mol.